The summed E-state index contributed by atoms with van der Waals surface area (Å²) in [6.07, 6.45) is 4.18. The predicted octanol–water partition coefficient (Wildman–Crippen LogP) is -2.36. The summed E-state index contributed by atoms with van der Waals surface area (Å²) in [5.74, 6) is -3.68. The van der Waals surface area contributed by atoms with Crippen molar-refractivity contribution in [3.05, 3.63) is 18.2 Å². The minimum Gasteiger partial charge on any atom is -0.369 e. The first kappa shape index (κ1) is 23.9. The lowest BCUT2D eigenvalue weighted by molar-refractivity contribution is -0.149. The molecule has 13 heteroatoms. The van der Waals surface area contributed by atoms with Gasteiger partial charge in [0.25, 0.3) is 0 Å². The second kappa shape index (κ2) is 10.7. The van der Waals surface area contributed by atoms with Crippen molar-refractivity contribution >= 4 is 41.2 Å². The van der Waals surface area contributed by atoms with Crippen LogP contribution in [0.15, 0.2) is 12.5 Å². The third kappa shape index (κ3) is 5.72. The first-order chi connectivity index (χ1) is 15.3. The minimum atomic E-state index is -1.46. The molecule has 3 rings (SSSR count). The molecule has 0 spiro atoms. The second-order valence-corrected chi connectivity index (χ2v) is 8.85. The molecule has 2 aliphatic rings. The van der Waals surface area contributed by atoms with Gasteiger partial charge in [-0.2, -0.15) is 0 Å². The lowest BCUT2D eigenvalue weighted by atomic mass is 9.91. The number of aromatic amines is 1. The second-order valence-electron chi connectivity index (χ2n) is 7.82. The summed E-state index contributed by atoms with van der Waals surface area (Å²) in [6, 6.07) is -2.65. The summed E-state index contributed by atoms with van der Waals surface area (Å²) < 4.78 is 0. The highest BCUT2D eigenvalue weighted by Crippen LogP contribution is 2.18. The molecule has 174 valence electrons. The molecule has 4 atom stereocenters. The number of piperidine rings is 1. The first-order valence-corrected chi connectivity index (χ1v) is 11.4. The van der Waals surface area contributed by atoms with E-state index in [0.29, 0.717) is 36.6 Å². The number of thioether (sulfide) groups is 1. The van der Waals surface area contributed by atoms with Crippen LogP contribution in [0.5, 0.6) is 0 Å². The van der Waals surface area contributed by atoms with Crippen LogP contribution in [-0.4, -0.2) is 80.6 Å². The Hall–Kier alpha value is -2.77. The molecule has 0 aliphatic carbocycles. The Morgan fingerprint density at radius 3 is 2.66 bits per heavy atom. The number of carbonyl (C=O) groups excluding carboxylic acids is 5. The van der Waals surface area contributed by atoms with Gasteiger partial charge in [-0.15, -0.1) is 11.8 Å². The van der Waals surface area contributed by atoms with Gasteiger partial charge in [-0.05, 0) is 12.8 Å². The number of amides is 4. The van der Waals surface area contributed by atoms with Gasteiger partial charge >= 0.3 is 0 Å². The highest BCUT2D eigenvalue weighted by atomic mass is 32.2. The van der Waals surface area contributed by atoms with Crippen LogP contribution in [0.3, 0.4) is 0 Å². The molecule has 0 aromatic carbocycles. The third-order valence-electron chi connectivity index (χ3n) is 5.49. The zero-order chi connectivity index (χ0) is 23.3. The predicted molar refractivity (Wildman–Crippen MR) is 115 cm³/mol. The van der Waals surface area contributed by atoms with Crippen LogP contribution in [0.25, 0.3) is 0 Å². The Kier molecular flexibility index (Phi) is 7.99. The molecule has 3 unspecified atom stereocenters. The number of rotatable bonds is 9. The van der Waals surface area contributed by atoms with Crippen molar-refractivity contribution in [3.8, 4) is 0 Å². The molecule has 0 saturated carbocycles. The average molecular weight is 466 g/mol. The van der Waals surface area contributed by atoms with Crippen molar-refractivity contribution in [1.29, 1.82) is 0 Å². The summed E-state index contributed by atoms with van der Waals surface area (Å²) >= 11 is 1.49. The number of aromatic nitrogens is 2. The van der Waals surface area contributed by atoms with Crippen molar-refractivity contribution in [2.24, 2.45) is 17.4 Å². The van der Waals surface area contributed by atoms with E-state index in [1.54, 1.807) is 0 Å². The van der Waals surface area contributed by atoms with Crippen molar-refractivity contribution in [2.75, 3.05) is 18.2 Å². The summed E-state index contributed by atoms with van der Waals surface area (Å²) in [5.41, 5.74) is 12.1. The molecule has 32 heavy (non-hydrogen) atoms. The summed E-state index contributed by atoms with van der Waals surface area (Å²) in [7, 11) is 0. The maximum atomic E-state index is 13.2. The molecule has 2 saturated heterocycles. The van der Waals surface area contributed by atoms with Gasteiger partial charge in [0.1, 0.15) is 5.92 Å². The molecule has 2 fully saturated rings. The van der Waals surface area contributed by atoms with E-state index in [9.17, 15) is 24.0 Å². The number of nitrogens with one attached hydrogen (secondary N) is 3. The Morgan fingerprint density at radius 1 is 1.28 bits per heavy atom. The third-order valence-corrected chi connectivity index (χ3v) is 6.43. The van der Waals surface area contributed by atoms with Gasteiger partial charge in [0.15, 0.2) is 5.78 Å². The maximum Gasteiger partial charge on any atom is 0.247 e. The van der Waals surface area contributed by atoms with Crippen LogP contribution in [0.1, 0.15) is 25.0 Å². The van der Waals surface area contributed by atoms with E-state index in [1.807, 2.05) is 0 Å². The van der Waals surface area contributed by atoms with Gasteiger partial charge in [-0.25, -0.2) is 4.98 Å². The van der Waals surface area contributed by atoms with Gasteiger partial charge in [0, 0.05) is 42.9 Å². The Morgan fingerprint density at radius 2 is 2.06 bits per heavy atom. The first-order valence-electron chi connectivity index (χ1n) is 10.3. The quantitative estimate of drug-likeness (QED) is 0.248. The maximum absolute atomic E-state index is 13.2. The lowest BCUT2D eigenvalue weighted by Gasteiger charge is -2.30. The van der Waals surface area contributed by atoms with Crippen molar-refractivity contribution in [2.45, 2.75) is 43.8 Å². The monoisotopic (exact) mass is 465 g/mol. The number of H-pyrrole nitrogens is 1. The number of imidazole rings is 1. The number of ketones is 1. The number of primary amides is 1. The zero-order valence-electron chi connectivity index (χ0n) is 17.4. The van der Waals surface area contributed by atoms with E-state index in [2.05, 4.69) is 20.6 Å². The van der Waals surface area contributed by atoms with E-state index in [4.69, 9.17) is 11.5 Å². The lowest BCUT2D eigenvalue weighted by Crippen LogP contribution is -2.58. The highest BCUT2D eigenvalue weighted by Gasteiger charge is 2.40. The molecule has 1 aromatic rings. The SMILES string of the molecule is NC(=O)C(CN(C(=O)C1CSCN1)C(=O)[C@@H](N)Cc1cnc[nH]1)C(=O)C1CCCC(=O)N1. The van der Waals surface area contributed by atoms with E-state index in [1.165, 1.54) is 24.3 Å². The van der Waals surface area contributed by atoms with Crippen LogP contribution in [0.2, 0.25) is 0 Å². The van der Waals surface area contributed by atoms with E-state index < -0.39 is 54.1 Å². The van der Waals surface area contributed by atoms with Gasteiger partial charge in [0.05, 0.1) is 24.5 Å². The summed E-state index contributed by atoms with van der Waals surface area (Å²) in [6.45, 7) is -0.530. The number of hydrogen-bond acceptors (Lipinski definition) is 9. The topological polar surface area (TPSA) is 193 Å². The number of carbonyl (C=O) groups is 5. The normalized spacial score (nSPS) is 22.6. The van der Waals surface area contributed by atoms with Crippen molar-refractivity contribution in [3.63, 3.8) is 0 Å². The average Bonchev–Trinajstić information content (AvgIpc) is 3.47. The van der Waals surface area contributed by atoms with Gasteiger partial charge < -0.3 is 21.8 Å². The molecule has 12 nitrogen and oxygen atoms in total. The highest BCUT2D eigenvalue weighted by molar-refractivity contribution is 7.99. The smallest absolute Gasteiger partial charge is 0.247 e. The molecular formula is C19H27N7O5S. The number of nitrogens with two attached hydrogens (primary N) is 2. The fourth-order valence-electron chi connectivity index (χ4n) is 3.72. The van der Waals surface area contributed by atoms with Gasteiger partial charge in [0.2, 0.25) is 23.6 Å². The zero-order valence-corrected chi connectivity index (χ0v) is 18.2. The van der Waals surface area contributed by atoms with E-state index in [0.717, 1.165) is 4.90 Å². The molecule has 4 amide bonds. The van der Waals surface area contributed by atoms with E-state index >= 15 is 0 Å². The van der Waals surface area contributed by atoms with Crippen LogP contribution >= 0.6 is 11.8 Å². The van der Waals surface area contributed by atoms with Crippen LogP contribution in [0.4, 0.5) is 0 Å². The molecule has 3 heterocycles. The standard InChI is InChI=1S/C19H27N7O5S/c20-12(4-10-5-22-8-23-10)18(30)26(19(31)14-7-32-9-24-14)6-11(17(21)29)16(28)13-2-1-3-15(27)25-13/h5,8,11-14,24H,1-4,6-7,9,20H2,(H2,21,29)(H,22,23)(H,25,27)/t11?,12-,13?,14?/m0/s1. The summed E-state index contributed by atoms with van der Waals surface area (Å²) in [5, 5.41) is 5.54. The molecular weight excluding hydrogens is 438 g/mol. The van der Waals surface area contributed by atoms with Crippen LogP contribution in [0, 0.1) is 5.92 Å². The number of hydrogen-bond donors (Lipinski definition) is 5. The summed E-state index contributed by atoms with van der Waals surface area (Å²) in [4.78, 5) is 70.7. The molecule has 7 N–H and O–H groups in total. The molecule has 0 radical (unpaired) electrons. The fourth-order valence-corrected chi connectivity index (χ4v) is 4.65. The Balaban J connectivity index is 1.80. The van der Waals surface area contributed by atoms with Crippen LogP contribution in [-0.2, 0) is 30.4 Å². The van der Waals surface area contributed by atoms with Gasteiger partial charge in [-0.3, -0.25) is 34.2 Å². The fraction of sp³-hybridized carbons (Fsp3) is 0.579. The molecule has 0 bridgehead atoms. The molecule has 1 aromatic heterocycles. The van der Waals surface area contributed by atoms with Crippen molar-refractivity contribution in [1.82, 2.24) is 25.5 Å². The van der Waals surface area contributed by atoms with E-state index in [-0.39, 0.29) is 12.3 Å². The number of imide groups is 1. The number of Topliss-reactive ketones (excluding diaryl/α,β-unsaturated/α-hetero) is 1. The van der Waals surface area contributed by atoms with Crippen molar-refractivity contribution < 1.29 is 24.0 Å². The number of nitrogens with zero attached hydrogens (tertiary/aromatic N) is 2. The van der Waals surface area contributed by atoms with Crippen LogP contribution < -0.4 is 22.1 Å². The Bertz CT molecular complexity index is 871. The Labute approximate surface area is 188 Å². The molecule has 2 aliphatic heterocycles. The minimum absolute atomic E-state index is 0.0866. The van der Waals surface area contributed by atoms with Gasteiger partial charge in [-0.1, -0.05) is 0 Å². The largest absolute Gasteiger partial charge is 0.369 e.